The molecule has 0 unspecified atom stereocenters. The molecule has 0 bridgehead atoms. The standard InChI is InChI=1S/C16H15ClN4O/c1-2-15(22)18-10-12-16(11-6-4-3-5-7-11)19-14-9-8-13(17)20-21(12)14/h3-9H,2,10H2,1H3,(H,18,22). The number of carbonyl (C=O) groups excluding carboxylic acids is 1. The first-order valence-electron chi connectivity index (χ1n) is 7.05. The largest absolute Gasteiger partial charge is 0.350 e. The number of nitrogens with zero attached hydrogens (tertiary/aromatic N) is 3. The van der Waals surface area contributed by atoms with Crippen LogP contribution in [0.25, 0.3) is 16.9 Å². The van der Waals surface area contributed by atoms with Crippen molar-refractivity contribution in [3.63, 3.8) is 0 Å². The Morgan fingerprint density at radius 2 is 2.00 bits per heavy atom. The van der Waals surface area contributed by atoms with Crippen molar-refractivity contribution in [3.05, 3.63) is 53.3 Å². The molecular formula is C16H15ClN4O. The van der Waals surface area contributed by atoms with Crippen molar-refractivity contribution < 1.29 is 4.79 Å². The van der Waals surface area contributed by atoms with Crippen LogP contribution in [0.15, 0.2) is 42.5 Å². The van der Waals surface area contributed by atoms with Crippen LogP contribution in [0.3, 0.4) is 0 Å². The SMILES string of the molecule is CCC(=O)NCc1c(-c2ccccc2)nc2ccc(Cl)nn12. The molecule has 0 aliphatic heterocycles. The molecule has 0 aliphatic carbocycles. The molecule has 0 radical (unpaired) electrons. The van der Waals surface area contributed by atoms with E-state index >= 15 is 0 Å². The number of benzene rings is 1. The first-order valence-corrected chi connectivity index (χ1v) is 7.43. The van der Waals surface area contributed by atoms with E-state index in [2.05, 4.69) is 15.4 Å². The lowest BCUT2D eigenvalue weighted by Gasteiger charge is -2.06. The fraction of sp³-hybridized carbons (Fsp3) is 0.188. The van der Waals surface area contributed by atoms with Gasteiger partial charge < -0.3 is 5.32 Å². The van der Waals surface area contributed by atoms with E-state index in [4.69, 9.17) is 11.6 Å². The molecule has 3 aromatic rings. The minimum absolute atomic E-state index is 0.0176. The van der Waals surface area contributed by atoms with Crippen LogP contribution in [0.5, 0.6) is 0 Å². The average molecular weight is 315 g/mol. The van der Waals surface area contributed by atoms with Gasteiger partial charge in [0, 0.05) is 12.0 Å². The Kier molecular flexibility index (Phi) is 4.06. The number of aromatic nitrogens is 3. The van der Waals surface area contributed by atoms with E-state index in [1.165, 1.54) is 0 Å². The fourth-order valence-corrected chi connectivity index (χ4v) is 2.39. The van der Waals surface area contributed by atoms with Gasteiger partial charge in [0.05, 0.1) is 17.9 Å². The van der Waals surface area contributed by atoms with Crippen LogP contribution in [0.4, 0.5) is 0 Å². The summed E-state index contributed by atoms with van der Waals surface area (Å²) in [4.78, 5) is 16.2. The monoisotopic (exact) mass is 314 g/mol. The zero-order valence-electron chi connectivity index (χ0n) is 12.1. The van der Waals surface area contributed by atoms with Crippen LogP contribution in [0, 0.1) is 0 Å². The molecule has 1 aromatic carbocycles. The van der Waals surface area contributed by atoms with E-state index in [0.717, 1.165) is 17.0 Å². The first-order chi connectivity index (χ1) is 10.7. The van der Waals surface area contributed by atoms with E-state index in [1.54, 1.807) is 10.6 Å². The molecule has 0 saturated carbocycles. The van der Waals surface area contributed by atoms with Crippen molar-refractivity contribution in [2.45, 2.75) is 19.9 Å². The highest BCUT2D eigenvalue weighted by molar-refractivity contribution is 6.29. The zero-order valence-corrected chi connectivity index (χ0v) is 12.8. The van der Waals surface area contributed by atoms with Crippen molar-refractivity contribution in [2.75, 3.05) is 0 Å². The van der Waals surface area contributed by atoms with E-state index in [-0.39, 0.29) is 5.91 Å². The molecule has 5 nitrogen and oxygen atoms in total. The van der Waals surface area contributed by atoms with Gasteiger partial charge >= 0.3 is 0 Å². The second-order valence-electron chi connectivity index (χ2n) is 4.83. The van der Waals surface area contributed by atoms with Crippen LogP contribution in [0.2, 0.25) is 5.15 Å². The maximum absolute atomic E-state index is 11.6. The van der Waals surface area contributed by atoms with Crippen molar-refractivity contribution >= 4 is 23.2 Å². The topological polar surface area (TPSA) is 59.3 Å². The maximum atomic E-state index is 11.6. The molecular weight excluding hydrogens is 300 g/mol. The number of carbonyl (C=O) groups is 1. The smallest absolute Gasteiger partial charge is 0.220 e. The predicted molar refractivity (Wildman–Crippen MR) is 85.6 cm³/mol. The van der Waals surface area contributed by atoms with Gasteiger partial charge in [-0.3, -0.25) is 4.79 Å². The third-order valence-corrected chi connectivity index (χ3v) is 3.56. The number of imidazole rings is 1. The van der Waals surface area contributed by atoms with Crippen molar-refractivity contribution in [1.82, 2.24) is 19.9 Å². The lowest BCUT2D eigenvalue weighted by atomic mass is 10.1. The molecule has 0 spiro atoms. The van der Waals surface area contributed by atoms with Gasteiger partial charge in [-0.1, -0.05) is 48.9 Å². The lowest BCUT2D eigenvalue weighted by Crippen LogP contribution is -2.23. The number of hydrogen-bond donors (Lipinski definition) is 1. The van der Waals surface area contributed by atoms with Crippen LogP contribution >= 0.6 is 11.6 Å². The van der Waals surface area contributed by atoms with Gasteiger partial charge in [-0.25, -0.2) is 9.50 Å². The molecule has 112 valence electrons. The van der Waals surface area contributed by atoms with Gasteiger partial charge in [0.2, 0.25) is 5.91 Å². The molecule has 0 atom stereocenters. The Morgan fingerprint density at radius 3 is 2.73 bits per heavy atom. The Labute approximate surface area is 132 Å². The summed E-state index contributed by atoms with van der Waals surface area (Å²) >= 11 is 5.99. The summed E-state index contributed by atoms with van der Waals surface area (Å²) in [7, 11) is 0. The molecule has 1 N–H and O–H groups in total. The number of rotatable bonds is 4. The number of hydrogen-bond acceptors (Lipinski definition) is 3. The number of nitrogens with one attached hydrogen (secondary N) is 1. The van der Waals surface area contributed by atoms with Crippen LogP contribution in [-0.2, 0) is 11.3 Å². The molecule has 2 heterocycles. The molecule has 22 heavy (non-hydrogen) atoms. The number of amides is 1. The van der Waals surface area contributed by atoms with Crippen LogP contribution in [0.1, 0.15) is 19.0 Å². The molecule has 0 aliphatic rings. The van der Waals surface area contributed by atoms with E-state index in [9.17, 15) is 4.79 Å². The number of fused-ring (bicyclic) bond motifs is 1. The third-order valence-electron chi connectivity index (χ3n) is 3.36. The van der Waals surface area contributed by atoms with Gasteiger partial charge in [-0.2, -0.15) is 5.10 Å². The molecule has 0 saturated heterocycles. The number of halogens is 1. The molecule has 1 amide bonds. The van der Waals surface area contributed by atoms with Crippen molar-refractivity contribution in [2.24, 2.45) is 0 Å². The summed E-state index contributed by atoms with van der Waals surface area (Å²) in [5.74, 6) is -0.0176. The minimum atomic E-state index is -0.0176. The Balaban J connectivity index is 2.11. The fourth-order valence-electron chi connectivity index (χ4n) is 2.25. The molecule has 2 aromatic heterocycles. The summed E-state index contributed by atoms with van der Waals surface area (Å²) < 4.78 is 1.68. The van der Waals surface area contributed by atoms with Crippen molar-refractivity contribution in [3.8, 4) is 11.3 Å². The predicted octanol–water partition coefficient (Wildman–Crippen LogP) is 3.08. The summed E-state index contributed by atoms with van der Waals surface area (Å²) in [6, 6.07) is 13.3. The first kappa shape index (κ1) is 14.5. The van der Waals surface area contributed by atoms with Crippen molar-refractivity contribution in [1.29, 1.82) is 0 Å². The van der Waals surface area contributed by atoms with Gasteiger partial charge in [0.1, 0.15) is 5.15 Å². The van der Waals surface area contributed by atoms with Gasteiger partial charge in [0.25, 0.3) is 0 Å². The summed E-state index contributed by atoms with van der Waals surface area (Å²) in [6.45, 7) is 2.17. The second-order valence-corrected chi connectivity index (χ2v) is 5.22. The second kappa shape index (κ2) is 6.15. The van der Waals surface area contributed by atoms with Gasteiger partial charge in [-0.05, 0) is 12.1 Å². The van der Waals surface area contributed by atoms with Crippen LogP contribution in [-0.4, -0.2) is 20.5 Å². The van der Waals surface area contributed by atoms with E-state index in [0.29, 0.717) is 23.8 Å². The molecule has 6 heteroatoms. The van der Waals surface area contributed by atoms with Crippen LogP contribution < -0.4 is 5.32 Å². The quantitative estimate of drug-likeness (QED) is 0.805. The van der Waals surface area contributed by atoms with Gasteiger partial charge in [-0.15, -0.1) is 0 Å². The zero-order chi connectivity index (χ0) is 15.5. The highest BCUT2D eigenvalue weighted by Gasteiger charge is 2.15. The third kappa shape index (κ3) is 2.80. The Hall–Kier alpha value is -2.40. The normalized spacial score (nSPS) is 10.8. The summed E-state index contributed by atoms with van der Waals surface area (Å²) in [5, 5.41) is 7.55. The molecule has 0 fully saturated rings. The summed E-state index contributed by atoms with van der Waals surface area (Å²) in [5.41, 5.74) is 3.28. The Bertz CT molecular complexity index is 814. The Morgan fingerprint density at radius 1 is 1.23 bits per heavy atom. The lowest BCUT2D eigenvalue weighted by molar-refractivity contribution is -0.120. The van der Waals surface area contributed by atoms with Gasteiger partial charge in [0.15, 0.2) is 5.65 Å². The van der Waals surface area contributed by atoms with E-state index in [1.807, 2.05) is 43.3 Å². The maximum Gasteiger partial charge on any atom is 0.220 e. The highest BCUT2D eigenvalue weighted by atomic mass is 35.5. The highest BCUT2D eigenvalue weighted by Crippen LogP contribution is 2.24. The summed E-state index contributed by atoms with van der Waals surface area (Å²) in [6.07, 6.45) is 0.436. The van der Waals surface area contributed by atoms with E-state index < -0.39 is 0 Å². The molecule has 3 rings (SSSR count). The average Bonchev–Trinajstić information content (AvgIpc) is 2.91. The minimum Gasteiger partial charge on any atom is -0.350 e.